The average molecular weight is 343 g/mol. The number of aryl methyl sites for hydroxylation is 1. The highest BCUT2D eigenvalue weighted by Crippen LogP contribution is 2.36. The van der Waals surface area contributed by atoms with Crippen molar-refractivity contribution in [3.05, 3.63) is 41.0 Å². The molecule has 0 saturated carbocycles. The molecule has 8 nitrogen and oxygen atoms in total. The summed E-state index contributed by atoms with van der Waals surface area (Å²) in [5.74, 6) is -0.0174. The van der Waals surface area contributed by atoms with Crippen molar-refractivity contribution in [2.45, 2.75) is 6.92 Å². The van der Waals surface area contributed by atoms with Gasteiger partial charge in [0.1, 0.15) is 23.4 Å². The molecule has 0 aliphatic rings. The predicted octanol–water partition coefficient (Wildman–Crippen LogP) is 2.20. The summed E-state index contributed by atoms with van der Waals surface area (Å²) in [6, 6.07) is 3.40. The van der Waals surface area contributed by atoms with Gasteiger partial charge < -0.3 is 16.0 Å². The second-order valence-electron chi connectivity index (χ2n) is 5.26. The molecule has 4 aromatic rings. The lowest BCUT2D eigenvalue weighted by atomic mass is 10.2. The minimum Gasteiger partial charge on any atom is -0.384 e. The van der Waals surface area contributed by atoms with Crippen LogP contribution in [0.3, 0.4) is 0 Å². The summed E-state index contributed by atoms with van der Waals surface area (Å²) >= 11 is 6.39. The highest BCUT2D eigenvalue weighted by molar-refractivity contribution is 6.34. The highest BCUT2D eigenvalue weighted by atomic mass is 35.5. The van der Waals surface area contributed by atoms with Gasteiger partial charge in [0.05, 0.1) is 27.0 Å². The maximum atomic E-state index is 11.9. The molecule has 24 heavy (non-hydrogen) atoms. The Morgan fingerprint density at radius 2 is 2.12 bits per heavy atom. The third kappa shape index (κ3) is 1.86. The molecule has 0 atom stereocenters. The van der Waals surface area contributed by atoms with Crippen LogP contribution in [-0.4, -0.2) is 25.6 Å². The van der Waals surface area contributed by atoms with E-state index in [2.05, 4.69) is 15.1 Å². The molecular formula is C15H11ClN6O2. The van der Waals surface area contributed by atoms with Crippen molar-refractivity contribution in [1.82, 2.24) is 19.7 Å². The first kappa shape index (κ1) is 14.5. The van der Waals surface area contributed by atoms with E-state index in [0.717, 1.165) is 0 Å². The Bertz CT molecular complexity index is 1130. The van der Waals surface area contributed by atoms with Crippen LogP contribution in [0.1, 0.15) is 16.2 Å². The third-order valence-corrected chi connectivity index (χ3v) is 4.11. The van der Waals surface area contributed by atoms with Crippen LogP contribution in [0.5, 0.6) is 0 Å². The fourth-order valence-corrected chi connectivity index (χ4v) is 3.03. The number of hydrogen-bond donors (Lipinski definition) is 2. The minimum atomic E-state index is -0.669. The van der Waals surface area contributed by atoms with Crippen molar-refractivity contribution in [3.8, 4) is 5.69 Å². The number of benzene rings is 1. The number of amides is 1. The number of anilines is 1. The fourth-order valence-electron chi connectivity index (χ4n) is 2.78. The van der Waals surface area contributed by atoms with Crippen LogP contribution in [0.15, 0.2) is 29.1 Å². The largest absolute Gasteiger partial charge is 0.384 e. The lowest BCUT2D eigenvalue weighted by Crippen LogP contribution is -2.13. The summed E-state index contributed by atoms with van der Waals surface area (Å²) in [5, 5.41) is 5.40. The summed E-state index contributed by atoms with van der Waals surface area (Å²) in [7, 11) is 0. The molecule has 9 heteroatoms. The molecule has 3 aromatic heterocycles. The Balaban J connectivity index is 2.23. The molecule has 3 heterocycles. The Kier molecular flexibility index (Phi) is 2.97. The van der Waals surface area contributed by atoms with Crippen LogP contribution in [0.2, 0.25) is 5.02 Å². The van der Waals surface area contributed by atoms with E-state index in [1.807, 2.05) is 0 Å². The predicted molar refractivity (Wildman–Crippen MR) is 89.1 cm³/mol. The van der Waals surface area contributed by atoms with Crippen molar-refractivity contribution >= 4 is 45.3 Å². The summed E-state index contributed by atoms with van der Waals surface area (Å²) in [5.41, 5.74) is 13.4. The summed E-state index contributed by atoms with van der Waals surface area (Å²) in [6.45, 7) is 1.73. The molecule has 120 valence electrons. The molecule has 4 rings (SSSR count). The third-order valence-electron chi connectivity index (χ3n) is 3.80. The average Bonchev–Trinajstić information content (AvgIpc) is 3.10. The first-order chi connectivity index (χ1) is 11.5. The molecule has 0 aliphatic heterocycles. The van der Waals surface area contributed by atoms with Gasteiger partial charge in [-0.25, -0.2) is 9.97 Å². The smallest absolute Gasteiger partial charge is 0.253 e. The number of primary amides is 1. The number of carbonyl (C=O) groups is 1. The molecule has 0 spiro atoms. The lowest BCUT2D eigenvalue weighted by Gasteiger charge is -2.10. The molecule has 0 radical (unpaired) electrons. The van der Waals surface area contributed by atoms with Gasteiger partial charge in [0.2, 0.25) is 0 Å². The number of nitrogen functional groups attached to an aromatic ring is 1. The first-order valence-electron chi connectivity index (χ1n) is 6.95. The van der Waals surface area contributed by atoms with E-state index in [4.69, 9.17) is 27.6 Å². The van der Waals surface area contributed by atoms with Gasteiger partial charge in [-0.3, -0.25) is 9.36 Å². The van der Waals surface area contributed by atoms with E-state index in [-0.39, 0.29) is 11.4 Å². The number of carbonyl (C=O) groups excluding carboxylic acids is 1. The van der Waals surface area contributed by atoms with Gasteiger partial charge in [-0.2, -0.15) is 0 Å². The quantitative estimate of drug-likeness (QED) is 0.575. The molecule has 1 amide bonds. The Morgan fingerprint density at radius 1 is 1.33 bits per heavy atom. The van der Waals surface area contributed by atoms with Crippen LogP contribution in [0.4, 0.5) is 5.82 Å². The molecule has 1 aromatic carbocycles. The highest BCUT2D eigenvalue weighted by Gasteiger charge is 2.24. The second kappa shape index (κ2) is 4.93. The number of rotatable bonds is 2. The van der Waals surface area contributed by atoms with E-state index in [1.165, 1.54) is 12.5 Å². The van der Waals surface area contributed by atoms with E-state index in [9.17, 15) is 4.79 Å². The maximum absolute atomic E-state index is 11.9. The Morgan fingerprint density at radius 3 is 2.88 bits per heavy atom. The molecule has 4 N–H and O–H groups in total. The fraction of sp³-hybridized carbons (Fsp3) is 0.0667. The second-order valence-corrected chi connectivity index (χ2v) is 5.66. The van der Waals surface area contributed by atoms with Crippen molar-refractivity contribution in [2.24, 2.45) is 5.73 Å². The molecule has 0 aliphatic carbocycles. The summed E-state index contributed by atoms with van der Waals surface area (Å²) in [6.07, 6.45) is 2.98. The Hall–Kier alpha value is -3.13. The zero-order chi connectivity index (χ0) is 17.0. The summed E-state index contributed by atoms with van der Waals surface area (Å²) in [4.78, 5) is 20.4. The van der Waals surface area contributed by atoms with Crippen LogP contribution in [0.25, 0.3) is 27.6 Å². The minimum absolute atomic E-state index is 0.132. The number of aromatic nitrogens is 4. The van der Waals surface area contributed by atoms with E-state index >= 15 is 0 Å². The normalized spacial score (nSPS) is 11.4. The van der Waals surface area contributed by atoms with Crippen molar-refractivity contribution in [1.29, 1.82) is 0 Å². The first-order valence-corrected chi connectivity index (χ1v) is 7.33. The van der Waals surface area contributed by atoms with E-state index in [0.29, 0.717) is 38.5 Å². The number of nitrogens with two attached hydrogens (primary N) is 2. The van der Waals surface area contributed by atoms with Gasteiger partial charge in [0, 0.05) is 6.20 Å². The van der Waals surface area contributed by atoms with Gasteiger partial charge in [-0.05, 0) is 19.1 Å². The maximum Gasteiger partial charge on any atom is 0.253 e. The molecule has 0 fully saturated rings. The van der Waals surface area contributed by atoms with Crippen LogP contribution >= 0.6 is 11.6 Å². The molecule has 0 unspecified atom stereocenters. The standard InChI is InChI=1S/C15H11ClN6O2/c1-6-19-4-7-11(14(18)23)13(17)22(15(7)20-6)12-8-5-24-21-10(8)3-2-9(12)16/h2-5H,17H2,1H3,(H2,18,23). The Labute approximate surface area is 140 Å². The zero-order valence-corrected chi connectivity index (χ0v) is 13.2. The monoisotopic (exact) mass is 342 g/mol. The van der Waals surface area contributed by atoms with Gasteiger partial charge in [-0.15, -0.1) is 0 Å². The van der Waals surface area contributed by atoms with Crippen LogP contribution < -0.4 is 11.5 Å². The topological polar surface area (TPSA) is 126 Å². The van der Waals surface area contributed by atoms with Crippen molar-refractivity contribution in [3.63, 3.8) is 0 Å². The van der Waals surface area contributed by atoms with Crippen LogP contribution in [-0.2, 0) is 0 Å². The van der Waals surface area contributed by atoms with Gasteiger partial charge in [0.15, 0.2) is 5.65 Å². The lowest BCUT2D eigenvalue weighted by molar-refractivity contribution is 0.100. The van der Waals surface area contributed by atoms with E-state index < -0.39 is 5.91 Å². The van der Waals surface area contributed by atoms with Crippen LogP contribution in [0, 0.1) is 6.92 Å². The number of halogens is 1. The number of fused-ring (bicyclic) bond motifs is 2. The molecule has 0 saturated heterocycles. The van der Waals surface area contributed by atoms with E-state index in [1.54, 1.807) is 23.6 Å². The van der Waals surface area contributed by atoms with Crippen molar-refractivity contribution in [2.75, 3.05) is 5.73 Å². The van der Waals surface area contributed by atoms with Gasteiger partial charge in [-0.1, -0.05) is 16.8 Å². The molecule has 0 bridgehead atoms. The zero-order valence-electron chi connectivity index (χ0n) is 12.4. The number of nitrogens with zero attached hydrogens (tertiary/aromatic N) is 4. The SMILES string of the molecule is Cc1ncc2c(C(N)=O)c(N)n(-c3c(Cl)ccc4nocc34)c2n1. The van der Waals surface area contributed by atoms with Crippen molar-refractivity contribution < 1.29 is 9.32 Å². The van der Waals surface area contributed by atoms with Gasteiger partial charge in [0.25, 0.3) is 5.91 Å². The summed E-state index contributed by atoms with van der Waals surface area (Å²) < 4.78 is 6.60. The molecular weight excluding hydrogens is 332 g/mol. The number of hydrogen-bond acceptors (Lipinski definition) is 6. The van der Waals surface area contributed by atoms with Gasteiger partial charge >= 0.3 is 0 Å².